The summed E-state index contributed by atoms with van der Waals surface area (Å²) < 4.78 is 38.6. The minimum Gasteiger partial charge on any atom is -0.316 e. The van der Waals surface area contributed by atoms with Crippen LogP contribution in [-0.2, 0) is 12.7 Å². The van der Waals surface area contributed by atoms with E-state index in [2.05, 4.69) is 20.3 Å². The van der Waals surface area contributed by atoms with E-state index in [1.165, 1.54) is 11.3 Å². The zero-order valence-electron chi connectivity index (χ0n) is 14.1. The second kappa shape index (κ2) is 7.38. The van der Waals surface area contributed by atoms with Gasteiger partial charge in [0.25, 0.3) is 0 Å². The first-order valence-corrected chi connectivity index (χ1v) is 8.50. The lowest BCUT2D eigenvalue weighted by Crippen LogP contribution is -2.10. The van der Waals surface area contributed by atoms with Crippen LogP contribution in [0.15, 0.2) is 42.7 Å². The molecule has 0 aromatic carbocycles. The first-order valence-electron chi connectivity index (χ1n) is 7.69. The molecule has 0 aliphatic rings. The summed E-state index contributed by atoms with van der Waals surface area (Å²) in [6, 6.07) is 7.42. The number of hydrogen-bond acceptors (Lipinski definition) is 6. The number of rotatable bonds is 5. The van der Waals surface area contributed by atoms with E-state index in [0.717, 1.165) is 23.2 Å². The SMILES string of the molecule is CN(C)Cc1sc(Nc2cc(C(F)(F)F)ccn2)nc1-c1ccccn1. The summed E-state index contributed by atoms with van der Waals surface area (Å²) in [5.74, 6) is 0.0950. The standard InChI is InChI=1S/C17H16F3N5S/c1-25(2)10-13-15(12-5-3-4-7-21-12)24-16(26-13)23-14-9-11(6-8-22-14)17(18,19)20/h3-9H,10H2,1-2H3,(H,22,23,24). The zero-order chi connectivity index (χ0) is 18.7. The van der Waals surface area contributed by atoms with Crippen LogP contribution in [0, 0.1) is 0 Å². The number of nitrogens with zero attached hydrogens (tertiary/aromatic N) is 4. The molecule has 0 bridgehead atoms. The van der Waals surface area contributed by atoms with Crippen molar-refractivity contribution < 1.29 is 13.2 Å². The number of hydrogen-bond donors (Lipinski definition) is 1. The maximum atomic E-state index is 12.9. The number of nitrogens with one attached hydrogen (secondary N) is 1. The molecule has 0 amide bonds. The molecule has 5 nitrogen and oxygen atoms in total. The fraction of sp³-hybridized carbons (Fsp3) is 0.235. The Kier molecular flexibility index (Phi) is 5.19. The highest BCUT2D eigenvalue weighted by molar-refractivity contribution is 7.16. The molecule has 0 aliphatic carbocycles. The van der Waals surface area contributed by atoms with Crippen LogP contribution >= 0.6 is 11.3 Å². The minimum absolute atomic E-state index is 0.0950. The third-order valence-corrected chi connectivity index (χ3v) is 4.34. The molecule has 3 rings (SSSR count). The number of thiazole rings is 1. The van der Waals surface area contributed by atoms with Crippen molar-refractivity contribution in [2.45, 2.75) is 12.7 Å². The summed E-state index contributed by atoms with van der Waals surface area (Å²) in [5.41, 5.74) is 0.662. The molecule has 1 N–H and O–H groups in total. The van der Waals surface area contributed by atoms with Gasteiger partial charge >= 0.3 is 6.18 Å². The molecule has 0 radical (unpaired) electrons. The Hall–Kier alpha value is -2.52. The topological polar surface area (TPSA) is 53.9 Å². The van der Waals surface area contributed by atoms with Gasteiger partial charge in [-0.15, -0.1) is 0 Å². The van der Waals surface area contributed by atoms with Crippen LogP contribution < -0.4 is 5.32 Å². The first kappa shape index (κ1) is 18.3. The average molecular weight is 379 g/mol. The fourth-order valence-electron chi connectivity index (χ4n) is 2.29. The van der Waals surface area contributed by atoms with Crippen molar-refractivity contribution in [3.05, 3.63) is 53.2 Å². The lowest BCUT2D eigenvalue weighted by atomic mass is 10.2. The van der Waals surface area contributed by atoms with Crippen molar-refractivity contribution in [1.29, 1.82) is 0 Å². The Balaban J connectivity index is 1.93. The lowest BCUT2D eigenvalue weighted by Gasteiger charge is -2.08. The van der Waals surface area contributed by atoms with Gasteiger partial charge in [-0.1, -0.05) is 17.4 Å². The van der Waals surface area contributed by atoms with Crippen LogP contribution in [-0.4, -0.2) is 33.9 Å². The molecule has 0 saturated heterocycles. The summed E-state index contributed by atoms with van der Waals surface area (Å²) in [6.45, 7) is 0.640. The van der Waals surface area contributed by atoms with Crippen LogP contribution in [0.4, 0.5) is 24.1 Å². The van der Waals surface area contributed by atoms with E-state index in [4.69, 9.17) is 0 Å². The summed E-state index contributed by atoms with van der Waals surface area (Å²) in [6.07, 6.45) is -1.62. The maximum Gasteiger partial charge on any atom is 0.416 e. The van der Waals surface area contributed by atoms with E-state index in [1.807, 2.05) is 37.2 Å². The van der Waals surface area contributed by atoms with Gasteiger partial charge < -0.3 is 10.2 Å². The number of pyridine rings is 2. The van der Waals surface area contributed by atoms with Gasteiger partial charge in [0.15, 0.2) is 5.13 Å². The Morgan fingerprint density at radius 2 is 1.92 bits per heavy atom. The van der Waals surface area contributed by atoms with E-state index < -0.39 is 11.7 Å². The molecule has 0 aliphatic heterocycles. The summed E-state index contributed by atoms with van der Waals surface area (Å²) in [5, 5.41) is 3.34. The van der Waals surface area contributed by atoms with Gasteiger partial charge in [-0.3, -0.25) is 4.98 Å². The van der Waals surface area contributed by atoms with Crippen molar-refractivity contribution in [3.63, 3.8) is 0 Å². The monoisotopic (exact) mass is 379 g/mol. The molecule has 3 heterocycles. The highest BCUT2D eigenvalue weighted by Gasteiger charge is 2.30. The molecule has 3 aromatic heterocycles. The smallest absolute Gasteiger partial charge is 0.316 e. The molecule has 26 heavy (non-hydrogen) atoms. The van der Waals surface area contributed by atoms with E-state index in [9.17, 15) is 13.2 Å². The zero-order valence-corrected chi connectivity index (χ0v) is 14.9. The van der Waals surface area contributed by atoms with Gasteiger partial charge in [-0.25, -0.2) is 9.97 Å². The molecule has 9 heteroatoms. The number of halogens is 3. The molecule has 0 spiro atoms. The van der Waals surface area contributed by atoms with Crippen molar-refractivity contribution in [2.24, 2.45) is 0 Å². The summed E-state index contributed by atoms with van der Waals surface area (Å²) in [7, 11) is 3.87. The van der Waals surface area contributed by atoms with Gasteiger partial charge in [-0.2, -0.15) is 13.2 Å². The molecular weight excluding hydrogens is 363 g/mol. The largest absolute Gasteiger partial charge is 0.416 e. The molecule has 3 aromatic rings. The fourth-order valence-corrected chi connectivity index (χ4v) is 3.38. The van der Waals surface area contributed by atoms with Crippen LogP contribution in [0.1, 0.15) is 10.4 Å². The first-order chi connectivity index (χ1) is 12.3. The van der Waals surface area contributed by atoms with Crippen LogP contribution in [0.3, 0.4) is 0 Å². The van der Waals surface area contributed by atoms with E-state index >= 15 is 0 Å². The van der Waals surface area contributed by atoms with Gasteiger partial charge in [-0.05, 0) is 38.4 Å². The predicted molar refractivity (Wildman–Crippen MR) is 95.3 cm³/mol. The van der Waals surface area contributed by atoms with Crippen LogP contribution in [0.25, 0.3) is 11.4 Å². The van der Waals surface area contributed by atoms with Crippen molar-refractivity contribution in [3.8, 4) is 11.4 Å². The highest BCUT2D eigenvalue weighted by Crippen LogP contribution is 2.34. The van der Waals surface area contributed by atoms with E-state index in [-0.39, 0.29) is 5.82 Å². The normalized spacial score (nSPS) is 11.8. The summed E-state index contributed by atoms with van der Waals surface area (Å²) >= 11 is 1.37. The Labute approximate surface area is 152 Å². The van der Waals surface area contributed by atoms with Crippen molar-refractivity contribution in [2.75, 3.05) is 19.4 Å². The van der Waals surface area contributed by atoms with Crippen LogP contribution in [0.5, 0.6) is 0 Å². The number of aromatic nitrogens is 3. The Morgan fingerprint density at radius 1 is 1.12 bits per heavy atom. The second-order valence-electron chi connectivity index (χ2n) is 5.80. The lowest BCUT2D eigenvalue weighted by molar-refractivity contribution is -0.137. The average Bonchev–Trinajstić information content (AvgIpc) is 2.96. The number of alkyl halides is 3. The quantitative estimate of drug-likeness (QED) is 0.711. The van der Waals surface area contributed by atoms with Crippen molar-refractivity contribution in [1.82, 2.24) is 19.9 Å². The van der Waals surface area contributed by atoms with Crippen molar-refractivity contribution >= 4 is 22.3 Å². The number of anilines is 2. The van der Waals surface area contributed by atoms with Gasteiger partial charge in [0.2, 0.25) is 0 Å². The van der Waals surface area contributed by atoms with E-state index in [1.54, 1.807) is 6.20 Å². The molecule has 0 saturated carbocycles. The molecular formula is C17H16F3N5S. The van der Waals surface area contributed by atoms with E-state index in [0.29, 0.717) is 23.1 Å². The van der Waals surface area contributed by atoms with Gasteiger partial charge in [0, 0.05) is 18.9 Å². The summed E-state index contributed by atoms with van der Waals surface area (Å²) in [4.78, 5) is 15.7. The molecule has 0 unspecified atom stereocenters. The molecule has 0 atom stereocenters. The molecule has 136 valence electrons. The maximum absolute atomic E-state index is 12.9. The third-order valence-electron chi connectivity index (χ3n) is 3.39. The van der Waals surface area contributed by atoms with Gasteiger partial charge in [0.1, 0.15) is 11.5 Å². The van der Waals surface area contributed by atoms with Gasteiger partial charge in [0.05, 0.1) is 16.1 Å². The Bertz CT molecular complexity index is 878. The second-order valence-corrected chi connectivity index (χ2v) is 6.88. The third kappa shape index (κ3) is 4.36. The predicted octanol–water partition coefficient (Wildman–Crippen LogP) is 4.42. The molecule has 0 fully saturated rings. The Morgan fingerprint density at radius 3 is 2.58 bits per heavy atom. The van der Waals surface area contributed by atoms with Crippen LogP contribution in [0.2, 0.25) is 0 Å². The highest BCUT2D eigenvalue weighted by atomic mass is 32.1. The minimum atomic E-state index is -4.42.